The molecule has 1 aliphatic heterocycles. The maximum Gasteiger partial charge on any atom is 0.350 e. The van der Waals surface area contributed by atoms with Gasteiger partial charge in [0.25, 0.3) is 0 Å². The Kier molecular flexibility index (Phi) is 3.60. The molecule has 0 amide bonds. The van der Waals surface area contributed by atoms with Gasteiger partial charge in [-0.05, 0) is 0 Å². The first kappa shape index (κ1) is 12.3. The van der Waals surface area contributed by atoms with Gasteiger partial charge in [-0.15, -0.1) is 11.3 Å². The molecule has 94 valence electrons. The second-order valence-corrected chi connectivity index (χ2v) is 4.72. The Hall–Kier alpha value is -1.18. The average molecular weight is 257 g/mol. The van der Waals surface area contributed by atoms with Crippen molar-refractivity contribution in [1.82, 2.24) is 10.3 Å². The van der Waals surface area contributed by atoms with E-state index in [1.54, 1.807) is 11.3 Å². The van der Waals surface area contributed by atoms with Crippen molar-refractivity contribution in [3.05, 3.63) is 11.1 Å². The van der Waals surface area contributed by atoms with Gasteiger partial charge in [0.15, 0.2) is 5.13 Å². The molecule has 0 radical (unpaired) electrons. The summed E-state index contributed by atoms with van der Waals surface area (Å²) in [6, 6.07) is 0. The Bertz CT molecular complexity index is 407. The van der Waals surface area contributed by atoms with Crippen LogP contribution in [0.3, 0.4) is 0 Å². The molecule has 0 bridgehead atoms. The number of nitrogens with zero attached hydrogens (tertiary/aromatic N) is 2. The third-order valence-corrected chi connectivity index (χ3v) is 3.45. The van der Waals surface area contributed by atoms with Crippen LogP contribution in [0.25, 0.3) is 0 Å². The highest BCUT2D eigenvalue weighted by atomic mass is 32.1. The Morgan fingerprint density at radius 2 is 2.47 bits per heavy atom. The van der Waals surface area contributed by atoms with Crippen LogP contribution in [0.5, 0.6) is 0 Å². The summed E-state index contributed by atoms with van der Waals surface area (Å²) in [5.74, 6) is -0.407. The van der Waals surface area contributed by atoms with Crippen LogP contribution in [0, 0.1) is 0 Å². The van der Waals surface area contributed by atoms with Gasteiger partial charge in [-0.25, -0.2) is 9.78 Å². The number of nitrogens with one attached hydrogen (secondary N) is 1. The van der Waals surface area contributed by atoms with Crippen LogP contribution < -0.4 is 10.2 Å². The number of carbonyl (C=O) groups excluding carboxylic acids is 1. The zero-order valence-electron chi connectivity index (χ0n) is 9.97. The predicted octanol–water partition coefficient (Wildman–Crippen LogP) is 0.369. The molecular formula is C10H15N3O3S. The quantitative estimate of drug-likeness (QED) is 0.789. The van der Waals surface area contributed by atoms with E-state index in [9.17, 15) is 4.79 Å². The summed E-state index contributed by atoms with van der Waals surface area (Å²) < 4.78 is 10.1. The summed E-state index contributed by atoms with van der Waals surface area (Å²) in [5, 5.41) is 5.82. The second kappa shape index (κ2) is 4.99. The normalized spacial score (nSPS) is 23.7. The van der Waals surface area contributed by atoms with E-state index < -0.39 is 12.2 Å². The molecule has 6 nitrogen and oxygen atoms in total. The van der Waals surface area contributed by atoms with Gasteiger partial charge < -0.3 is 14.4 Å². The first-order chi connectivity index (χ1) is 8.11. The Balaban J connectivity index is 2.02. The number of methoxy groups -OCH3 is 1. The molecule has 7 heteroatoms. The summed E-state index contributed by atoms with van der Waals surface area (Å²) >= 11 is 1.55. The number of anilines is 1. The lowest BCUT2D eigenvalue weighted by Crippen LogP contribution is -2.32. The van der Waals surface area contributed by atoms with Crippen molar-refractivity contribution in [2.24, 2.45) is 0 Å². The van der Waals surface area contributed by atoms with Crippen molar-refractivity contribution in [3.8, 4) is 0 Å². The fourth-order valence-electron chi connectivity index (χ4n) is 1.52. The van der Waals surface area contributed by atoms with Crippen molar-refractivity contribution >= 4 is 22.4 Å². The second-order valence-electron chi connectivity index (χ2n) is 3.89. The molecule has 0 aromatic carbocycles. The number of ether oxygens (including phenoxy) is 2. The molecule has 1 aromatic heterocycles. The van der Waals surface area contributed by atoms with Crippen LogP contribution in [0.4, 0.5) is 5.13 Å². The third-order valence-electron chi connectivity index (χ3n) is 2.43. The van der Waals surface area contributed by atoms with Gasteiger partial charge in [-0.2, -0.15) is 0 Å². The van der Waals surface area contributed by atoms with Gasteiger partial charge in [0, 0.05) is 26.0 Å². The lowest BCUT2D eigenvalue weighted by Gasteiger charge is -2.09. The van der Waals surface area contributed by atoms with E-state index in [4.69, 9.17) is 4.74 Å². The molecule has 2 atom stereocenters. The molecule has 0 spiro atoms. The van der Waals surface area contributed by atoms with Crippen molar-refractivity contribution in [1.29, 1.82) is 0 Å². The Labute approximate surface area is 104 Å². The lowest BCUT2D eigenvalue weighted by atomic mass is 10.3. The largest absolute Gasteiger partial charge is 0.466 e. The molecular weight excluding hydrogens is 242 g/mol. The topological polar surface area (TPSA) is 63.7 Å². The van der Waals surface area contributed by atoms with E-state index >= 15 is 0 Å². The highest BCUT2D eigenvalue weighted by molar-refractivity contribution is 7.13. The minimum Gasteiger partial charge on any atom is -0.466 e. The summed E-state index contributed by atoms with van der Waals surface area (Å²) in [6.07, 6.45) is -0.876. The van der Waals surface area contributed by atoms with Gasteiger partial charge in [-0.1, -0.05) is 0 Å². The van der Waals surface area contributed by atoms with Crippen molar-refractivity contribution in [3.63, 3.8) is 0 Å². The van der Waals surface area contributed by atoms with Crippen LogP contribution in [-0.2, 0) is 14.3 Å². The maximum atomic E-state index is 11.3. The van der Waals surface area contributed by atoms with Crippen LogP contribution in [0.15, 0.2) is 5.38 Å². The number of hydrogen-bond donors (Lipinski definition) is 1. The molecule has 2 unspecified atom stereocenters. The summed E-state index contributed by atoms with van der Waals surface area (Å²) in [6.45, 7) is 0.566. The Morgan fingerprint density at radius 1 is 1.71 bits per heavy atom. The van der Waals surface area contributed by atoms with Gasteiger partial charge in [0.05, 0.1) is 12.8 Å². The predicted molar refractivity (Wildman–Crippen MR) is 64.1 cm³/mol. The lowest BCUT2D eigenvalue weighted by molar-refractivity contribution is -0.154. The first-order valence-corrected chi connectivity index (χ1v) is 6.09. The van der Waals surface area contributed by atoms with Crippen LogP contribution in [0.2, 0.25) is 0 Å². The Morgan fingerprint density at radius 3 is 3.06 bits per heavy atom. The van der Waals surface area contributed by atoms with E-state index in [1.165, 1.54) is 7.11 Å². The molecule has 1 saturated heterocycles. The highest BCUT2D eigenvalue weighted by Gasteiger charge is 2.33. The van der Waals surface area contributed by atoms with E-state index in [1.807, 2.05) is 24.4 Å². The van der Waals surface area contributed by atoms with Gasteiger partial charge in [-0.3, -0.25) is 5.32 Å². The van der Waals surface area contributed by atoms with Crippen molar-refractivity contribution < 1.29 is 14.3 Å². The van der Waals surface area contributed by atoms with E-state index in [-0.39, 0.29) is 6.10 Å². The molecule has 0 aliphatic carbocycles. The van der Waals surface area contributed by atoms with Crippen LogP contribution in [-0.4, -0.2) is 44.9 Å². The monoisotopic (exact) mass is 257 g/mol. The number of hydrogen-bond acceptors (Lipinski definition) is 7. The van der Waals surface area contributed by atoms with E-state index in [2.05, 4.69) is 15.0 Å². The summed E-state index contributed by atoms with van der Waals surface area (Å²) in [4.78, 5) is 17.6. The number of aromatic nitrogens is 1. The minimum absolute atomic E-state index is 0.191. The van der Waals surface area contributed by atoms with Gasteiger partial charge in [0.1, 0.15) is 6.10 Å². The molecule has 0 saturated carbocycles. The van der Waals surface area contributed by atoms with Crippen molar-refractivity contribution in [2.45, 2.75) is 12.3 Å². The third kappa shape index (κ3) is 2.56. The first-order valence-electron chi connectivity index (χ1n) is 5.21. The molecule has 1 N–H and O–H groups in total. The van der Waals surface area contributed by atoms with E-state index in [0.29, 0.717) is 6.54 Å². The van der Waals surface area contributed by atoms with Crippen LogP contribution >= 0.6 is 11.3 Å². The molecule has 1 aromatic rings. The van der Waals surface area contributed by atoms with Gasteiger partial charge in [0.2, 0.25) is 6.23 Å². The number of thiazole rings is 1. The summed E-state index contributed by atoms with van der Waals surface area (Å²) in [7, 11) is 5.22. The smallest absolute Gasteiger partial charge is 0.350 e. The molecule has 17 heavy (non-hydrogen) atoms. The fraction of sp³-hybridized carbons (Fsp3) is 0.600. The van der Waals surface area contributed by atoms with Crippen molar-refractivity contribution in [2.75, 3.05) is 32.6 Å². The van der Waals surface area contributed by atoms with Crippen LogP contribution in [0.1, 0.15) is 11.8 Å². The highest BCUT2D eigenvalue weighted by Crippen LogP contribution is 2.27. The average Bonchev–Trinajstić information content (AvgIpc) is 2.95. The number of esters is 1. The maximum absolute atomic E-state index is 11.3. The minimum atomic E-state index is -0.686. The molecule has 1 aliphatic rings. The molecule has 2 rings (SSSR count). The standard InChI is InChI=1S/C10H15N3O3S/c1-13(2)10-12-6(5-17-10)7-4-11-8(16-7)9(14)15-3/h5,7-8,11H,4H2,1-3H3. The number of carbonyl (C=O) groups is 1. The van der Waals surface area contributed by atoms with E-state index in [0.717, 1.165) is 10.8 Å². The summed E-state index contributed by atoms with van der Waals surface area (Å²) in [5.41, 5.74) is 0.845. The van der Waals surface area contributed by atoms with Gasteiger partial charge >= 0.3 is 5.97 Å². The number of rotatable bonds is 3. The zero-order chi connectivity index (χ0) is 12.4. The fourth-order valence-corrected chi connectivity index (χ4v) is 2.32. The zero-order valence-corrected chi connectivity index (χ0v) is 10.8. The molecule has 2 heterocycles. The SMILES string of the molecule is COC(=O)C1NCC(c2csc(N(C)C)n2)O1. The molecule has 1 fully saturated rings.